The van der Waals surface area contributed by atoms with Crippen molar-refractivity contribution >= 4 is 5.91 Å². The molecule has 24 heavy (non-hydrogen) atoms. The Hall–Kier alpha value is -2.69. The molecule has 0 radical (unpaired) electrons. The average Bonchev–Trinajstić information content (AvgIpc) is 2.60. The number of benzene rings is 2. The fraction of sp³-hybridized carbons (Fsp3) is 0.316. The van der Waals surface area contributed by atoms with Crippen LogP contribution in [0.2, 0.25) is 0 Å². The fourth-order valence-corrected chi connectivity index (χ4v) is 2.08. The van der Waals surface area contributed by atoms with E-state index in [1.165, 1.54) is 5.56 Å². The minimum atomic E-state index is -0.624. The lowest BCUT2D eigenvalue weighted by Gasteiger charge is -2.16. The lowest BCUT2D eigenvalue weighted by atomic mass is 10.2. The molecule has 1 amide bonds. The average molecular weight is 329 g/mol. The zero-order valence-electron chi connectivity index (χ0n) is 14.2. The molecular formula is C19H23NO4. The van der Waals surface area contributed by atoms with Crippen molar-refractivity contribution in [3.63, 3.8) is 0 Å². The summed E-state index contributed by atoms with van der Waals surface area (Å²) in [6.45, 7) is 4.53. The Kier molecular flexibility index (Phi) is 6.49. The Balaban J connectivity index is 1.74. The van der Waals surface area contributed by atoms with Crippen LogP contribution in [-0.4, -0.2) is 32.3 Å². The maximum atomic E-state index is 12.1. The zero-order valence-corrected chi connectivity index (χ0v) is 14.2. The molecule has 0 aromatic heterocycles. The van der Waals surface area contributed by atoms with Crippen molar-refractivity contribution in [2.45, 2.75) is 20.0 Å². The van der Waals surface area contributed by atoms with E-state index in [0.29, 0.717) is 24.7 Å². The molecule has 0 aliphatic heterocycles. The summed E-state index contributed by atoms with van der Waals surface area (Å²) < 4.78 is 16.4. The highest BCUT2D eigenvalue weighted by Gasteiger charge is 2.16. The van der Waals surface area contributed by atoms with Crippen LogP contribution < -0.4 is 19.5 Å². The molecular weight excluding hydrogens is 306 g/mol. The molecule has 0 saturated heterocycles. The molecule has 1 N–H and O–H groups in total. The van der Waals surface area contributed by atoms with Gasteiger partial charge in [0.05, 0.1) is 13.7 Å². The molecule has 5 heteroatoms. The number of rotatable bonds is 8. The van der Waals surface area contributed by atoms with Crippen LogP contribution in [0.25, 0.3) is 0 Å². The third kappa shape index (κ3) is 5.19. The lowest BCUT2D eigenvalue weighted by Crippen LogP contribution is -2.38. The van der Waals surface area contributed by atoms with Crippen LogP contribution in [0.3, 0.4) is 0 Å². The summed E-state index contributed by atoms with van der Waals surface area (Å²) in [7, 11) is 1.56. The van der Waals surface area contributed by atoms with Crippen LogP contribution in [0.15, 0.2) is 48.5 Å². The van der Waals surface area contributed by atoms with E-state index in [-0.39, 0.29) is 5.91 Å². The third-order valence-corrected chi connectivity index (χ3v) is 3.43. The van der Waals surface area contributed by atoms with Crippen molar-refractivity contribution in [3.8, 4) is 17.2 Å². The standard InChI is InChI=1S/C19H23NO4/c1-14-8-10-16(11-9-14)23-13-12-20-19(21)15(2)24-18-7-5-4-6-17(18)22-3/h4-11,15H,12-13H2,1-3H3,(H,20,21)/t15-/m0/s1. The highest BCUT2D eigenvalue weighted by atomic mass is 16.5. The van der Waals surface area contributed by atoms with Gasteiger partial charge in [-0.2, -0.15) is 0 Å². The molecule has 128 valence electrons. The van der Waals surface area contributed by atoms with Gasteiger partial charge < -0.3 is 19.5 Å². The van der Waals surface area contributed by atoms with E-state index in [4.69, 9.17) is 14.2 Å². The monoisotopic (exact) mass is 329 g/mol. The topological polar surface area (TPSA) is 56.8 Å². The van der Waals surface area contributed by atoms with E-state index in [9.17, 15) is 4.79 Å². The molecule has 0 aliphatic carbocycles. The highest BCUT2D eigenvalue weighted by molar-refractivity contribution is 5.80. The van der Waals surface area contributed by atoms with Gasteiger partial charge >= 0.3 is 0 Å². The SMILES string of the molecule is COc1ccccc1O[C@@H](C)C(=O)NCCOc1ccc(C)cc1. The normalized spacial score (nSPS) is 11.5. The van der Waals surface area contributed by atoms with Gasteiger partial charge in [0.25, 0.3) is 5.91 Å². The molecule has 0 heterocycles. The maximum absolute atomic E-state index is 12.1. The van der Waals surface area contributed by atoms with Crippen LogP contribution in [0.1, 0.15) is 12.5 Å². The second-order valence-electron chi connectivity index (χ2n) is 5.36. The lowest BCUT2D eigenvalue weighted by molar-refractivity contribution is -0.127. The highest BCUT2D eigenvalue weighted by Crippen LogP contribution is 2.26. The number of carbonyl (C=O) groups is 1. The number of methoxy groups -OCH3 is 1. The molecule has 0 fully saturated rings. The summed E-state index contributed by atoms with van der Waals surface area (Å²) in [5.41, 5.74) is 1.18. The molecule has 2 aromatic carbocycles. The van der Waals surface area contributed by atoms with Crippen LogP contribution in [0, 0.1) is 6.92 Å². The van der Waals surface area contributed by atoms with Crippen molar-refractivity contribution in [2.24, 2.45) is 0 Å². The minimum Gasteiger partial charge on any atom is -0.493 e. The summed E-state index contributed by atoms with van der Waals surface area (Å²) in [6.07, 6.45) is -0.624. The Morgan fingerprint density at radius 2 is 1.75 bits per heavy atom. The molecule has 5 nitrogen and oxygen atoms in total. The van der Waals surface area contributed by atoms with Gasteiger partial charge in [-0.15, -0.1) is 0 Å². The summed E-state index contributed by atoms with van der Waals surface area (Å²) >= 11 is 0. The third-order valence-electron chi connectivity index (χ3n) is 3.43. The van der Waals surface area contributed by atoms with Crippen LogP contribution in [0.4, 0.5) is 0 Å². The second kappa shape index (κ2) is 8.82. The van der Waals surface area contributed by atoms with Gasteiger partial charge in [-0.1, -0.05) is 29.8 Å². The Bertz CT molecular complexity index is 655. The van der Waals surface area contributed by atoms with Gasteiger partial charge in [0, 0.05) is 0 Å². The number of carbonyl (C=O) groups excluding carboxylic acids is 1. The van der Waals surface area contributed by atoms with E-state index < -0.39 is 6.10 Å². The van der Waals surface area contributed by atoms with Crippen molar-refractivity contribution in [1.29, 1.82) is 0 Å². The molecule has 0 unspecified atom stereocenters. The van der Waals surface area contributed by atoms with Gasteiger partial charge in [0.15, 0.2) is 17.6 Å². The Labute approximate surface area is 142 Å². The number of nitrogens with one attached hydrogen (secondary N) is 1. The van der Waals surface area contributed by atoms with E-state index >= 15 is 0 Å². The van der Waals surface area contributed by atoms with Gasteiger partial charge in [-0.3, -0.25) is 4.79 Å². The number of amides is 1. The first-order chi connectivity index (χ1) is 11.6. The van der Waals surface area contributed by atoms with E-state index in [1.54, 1.807) is 26.2 Å². The fourth-order valence-electron chi connectivity index (χ4n) is 2.08. The van der Waals surface area contributed by atoms with Crippen LogP contribution in [-0.2, 0) is 4.79 Å². The first-order valence-corrected chi connectivity index (χ1v) is 7.87. The van der Waals surface area contributed by atoms with Crippen LogP contribution >= 0.6 is 0 Å². The summed E-state index contributed by atoms with van der Waals surface area (Å²) in [5.74, 6) is 1.72. The summed E-state index contributed by atoms with van der Waals surface area (Å²) in [5, 5.41) is 2.79. The largest absolute Gasteiger partial charge is 0.493 e. The number of aryl methyl sites for hydroxylation is 1. The predicted octanol–water partition coefficient (Wildman–Crippen LogP) is 2.97. The number of hydrogen-bond acceptors (Lipinski definition) is 4. The van der Waals surface area contributed by atoms with E-state index in [1.807, 2.05) is 43.3 Å². The zero-order chi connectivity index (χ0) is 17.4. The summed E-state index contributed by atoms with van der Waals surface area (Å²) in [6, 6.07) is 15.0. The number of ether oxygens (including phenoxy) is 3. The number of para-hydroxylation sites is 2. The smallest absolute Gasteiger partial charge is 0.260 e. The predicted molar refractivity (Wildman–Crippen MR) is 92.8 cm³/mol. The molecule has 0 saturated carbocycles. The van der Waals surface area contributed by atoms with Crippen molar-refractivity contribution < 1.29 is 19.0 Å². The molecule has 0 bridgehead atoms. The van der Waals surface area contributed by atoms with Gasteiger partial charge in [0.2, 0.25) is 0 Å². The first-order valence-electron chi connectivity index (χ1n) is 7.87. The van der Waals surface area contributed by atoms with Gasteiger partial charge in [0.1, 0.15) is 12.4 Å². The molecule has 2 rings (SSSR count). The molecule has 0 spiro atoms. The molecule has 1 atom stereocenters. The van der Waals surface area contributed by atoms with E-state index in [0.717, 1.165) is 5.75 Å². The summed E-state index contributed by atoms with van der Waals surface area (Å²) in [4.78, 5) is 12.1. The maximum Gasteiger partial charge on any atom is 0.260 e. The van der Waals surface area contributed by atoms with E-state index in [2.05, 4.69) is 5.32 Å². The Morgan fingerprint density at radius 1 is 1.08 bits per heavy atom. The van der Waals surface area contributed by atoms with Crippen molar-refractivity contribution in [2.75, 3.05) is 20.3 Å². The number of hydrogen-bond donors (Lipinski definition) is 1. The second-order valence-corrected chi connectivity index (χ2v) is 5.36. The Morgan fingerprint density at radius 3 is 2.42 bits per heavy atom. The van der Waals surface area contributed by atoms with Crippen LogP contribution in [0.5, 0.6) is 17.2 Å². The van der Waals surface area contributed by atoms with Crippen molar-refractivity contribution in [1.82, 2.24) is 5.32 Å². The van der Waals surface area contributed by atoms with Gasteiger partial charge in [-0.25, -0.2) is 0 Å². The molecule has 0 aliphatic rings. The van der Waals surface area contributed by atoms with Gasteiger partial charge in [-0.05, 0) is 38.1 Å². The quantitative estimate of drug-likeness (QED) is 0.757. The minimum absolute atomic E-state index is 0.201. The van der Waals surface area contributed by atoms with Crippen molar-refractivity contribution in [3.05, 3.63) is 54.1 Å². The molecule has 2 aromatic rings. The first kappa shape index (κ1) is 17.7.